The van der Waals surface area contributed by atoms with Gasteiger partial charge in [-0.25, -0.2) is 14.5 Å². The molecule has 0 aliphatic carbocycles. The molecule has 0 amide bonds. The summed E-state index contributed by atoms with van der Waals surface area (Å²) in [4.78, 5) is 18.8. The third kappa shape index (κ3) is 4.84. The summed E-state index contributed by atoms with van der Waals surface area (Å²) < 4.78 is 14.6. The smallest absolute Gasteiger partial charge is 0.336 e. The minimum atomic E-state index is -1.14. The number of anilines is 1. The van der Waals surface area contributed by atoms with E-state index in [9.17, 15) is 9.90 Å². The Morgan fingerprint density at radius 1 is 1.34 bits per heavy atom. The lowest BCUT2D eigenvalue weighted by Gasteiger charge is -2.34. The molecule has 11 heteroatoms. The zero-order valence-corrected chi connectivity index (χ0v) is 20.0. The topological polar surface area (TPSA) is 108 Å². The molecule has 32 heavy (non-hydrogen) atoms. The van der Waals surface area contributed by atoms with Crippen LogP contribution in [0.4, 0.5) is 5.82 Å². The van der Waals surface area contributed by atoms with E-state index in [1.165, 1.54) is 6.20 Å². The Labute approximate surface area is 187 Å². The Kier molecular flexibility index (Phi) is 6.31. The van der Waals surface area contributed by atoms with E-state index in [-0.39, 0.29) is 11.6 Å². The number of carboxylic acid groups (broad SMARTS) is 1. The molecule has 0 unspecified atom stereocenters. The third-order valence-electron chi connectivity index (χ3n) is 5.48. The number of morpholine rings is 1. The van der Waals surface area contributed by atoms with Crippen molar-refractivity contribution >= 4 is 30.9 Å². The van der Waals surface area contributed by atoms with Gasteiger partial charge in [0.1, 0.15) is 12.5 Å². The molecule has 1 atom stereocenters. The number of pyridine rings is 1. The monoisotopic (exact) mass is 458 g/mol. The lowest BCUT2D eigenvalue weighted by Crippen LogP contribution is -2.44. The number of nitrogens with zero attached hydrogens (tertiary/aromatic N) is 6. The number of hydrogen-bond acceptors (Lipinski definition) is 7. The van der Waals surface area contributed by atoms with E-state index >= 15 is 0 Å². The number of aromatic carboxylic acids is 1. The number of carboxylic acids is 1. The molecule has 0 bridgehead atoms. The molecule has 1 aliphatic heterocycles. The summed E-state index contributed by atoms with van der Waals surface area (Å²) >= 11 is 0. The van der Waals surface area contributed by atoms with Crippen LogP contribution in [0.3, 0.4) is 0 Å². The van der Waals surface area contributed by atoms with Crippen LogP contribution < -0.4 is 4.90 Å². The quantitative estimate of drug-likeness (QED) is 0.406. The molecule has 1 fully saturated rings. The Morgan fingerprint density at radius 2 is 2.16 bits per heavy atom. The predicted octanol–water partition coefficient (Wildman–Crippen LogP) is 2.85. The van der Waals surface area contributed by atoms with Gasteiger partial charge in [-0.3, -0.25) is 0 Å². The van der Waals surface area contributed by atoms with Gasteiger partial charge >= 0.3 is 5.97 Å². The van der Waals surface area contributed by atoms with Crippen molar-refractivity contribution in [2.45, 2.75) is 45.4 Å². The van der Waals surface area contributed by atoms with Crippen LogP contribution >= 0.6 is 0 Å². The summed E-state index contributed by atoms with van der Waals surface area (Å²) in [5.41, 5.74) is 0.632. The van der Waals surface area contributed by atoms with Gasteiger partial charge in [0.25, 0.3) is 0 Å². The van der Waals surface area contributed by atoms with Crippen molar-refractivity contribution in [3.05, 3.63) is 30.1 Å². The van der Waals surface area contributed by atoms with Crippen LogP contribution in [0.15, 0.2) is 24.5 Å². The summed E-state index contributed by atoms with van der Waals surface area (Å²) in [6, 6.07) is 4.62. The fraction of sp³-hybridized carbons (Fsp3) is 0.524. The SMILES string of the molecule is C[C@@H]1COCCN1c1cc(C(=O)O)c2cnn(-c3ccn(COCC[Si](C)(C)C)n3)c2n1. The fourth-order valence-electron chi connectivity index (χ4n) is 3.62. The molecular weight excluding hydrogens is 428 g/mol. The van der Waals surface area contributed by atoms with Crippen molar-refractivity contribution in [2.75, 3.05) is 31.3 Å². The molecule has 10 nitrogen and oxygen atoms in total. The van der Waals surface area contributed by atoms with E-state index in [0.717, 1.165) is 6.04 Å². The number of rotatable bonds is 8. The minimum Gasteiger partial charge on any atom is -0.478 e. The minimum absolute atomic E-state index is 0.0965. The van der Waals surface area contributed by atoms with E-state index in [1.807, 2.05) is 19.2 Å². The molecule has 3 aromatic heterocycles. The Hall–Kier alpha value is -2.76. The van der Waals surface area contributed by atoms with Crippen LogP contribution in [-0.2, 0) is 16.2 Å². The lowest BCUT2D eigenvalue weighted by molar-refractivity contribution is 0.0698. The highest BCUT2D eigenvalue weighted by Crippen LogP contribution is 2.26. The molecule has 4 heterocycles. The van der Waals surface area contributed by atoms with Crippen LogP contribution in [0.25, 0.3) is 16.9 Å². The highest BCUT2D eigenvalue weighted by Gasteiger charge is 2.24. The van der Waals surface area contributed by atoms with Crippen molar-refractivity contribution in [3.63, 3.8) is 0 Å². The Bertz CT molecular complexity index is 1110. The number of aromatic nitrogens is 5. The predicted molar refractivity (Wildman–Crippen MR) is 123 cm³/mol. The molecule has 1 saturated heterocycles. The first kappa shape index (κ1) is 22.4. The van der Waals surface area contributed by atoms with Crippen LogP contribution in [0, 0.1) is 0 Å². The zero-order valence-electron chi connectivity index (χ0n) is 19.0. The molecular formula is C21H30N6O4Si. The highest BCUT2D eigenvalue weighted by atomic mass is 28.3. The fourth-order valence-corrected chi connectivity index (χ4v) is 4.38. The molecule has 3 aromatic rings. The number of ether oxygens (including phenoxy) is 2. The van der Waals surface area contributed by atoms with E-state index in [2.05, 4.69) is 34.7 Å². The van der Waals surface area contributed by atoms with E-state index in [4.69, 9.17) is 14.5 Å². The van der Waals surface area contributed by atoms with Gasteiger partial charge < -0.3 is 19.5 Å². The van der Waals surface area contributed by atoms with Gasteiger partial charge in [-0.05, 0) is 19.0 Å². The molecule has 0 saturated carbocycles. The molecule has 0 radical (unpaired) electrons. The average Bonchev–Trinajstić information content (AvgIpc) is 3.36. The van der Waals surface area contributed by atoms with Crippen molar-refractivity contribution in [1.29, 1.82) is 0 Å². The number of hydrogen-bond donors (Lipinski definition) is 1. The average molecular weight is 459 g/mol. The van der Waals surface area contributed by atoms with E-state index < -0.39 is 14.0 Å². The van der Waals surface area contributed by atoms with Crippen molar-refractivity contribution in [1.82, 2.24) is 24.5 Å². The highest BCUT2D eigenvalue weighted by molar-refractivity contribution is 6.76. The maximum absolute atomic E-state index is 12.0. The van der Waals surface area contributed by atoms with Gasteiger partial charge in [0.05, 0.1) is 36.4 Å². The second kappa shape index (κ2) is 9.00. The first-order valence-corrected chi connectivity index (χ1v) is 14.5. The van der Waals surface area contributed by atoms with E-state index in [0.29, 0.717) is 55.8 Å². The van der Waals surface area contributed by atoms with Crippen LogP contribution in [-0.4, -0.2) is 76.1 Å². The second-order valence-corrected chi connectivity index (χ2v) is 14.9. The summed E-state index contributed by atoms with van der Waals surface area (Å²) in [5.74, 6) is 0.145. The van der Waals surface area contributed by atoms with Crippen LogP contribution in [0.2, 0.25) is 25.7 Å². The van der Waals surface area contributed by atoms with Crippen molar-refractivity contribution in [3.8, 4) is 5.82 Å². The van der Waals surface area contributed by atoms with Gasteiger partial charge in [0, 0.05) is 33.5 Å². The summed E-state index contributed by atoms with van der Waals surface area (Å²) in [6.07, 6.45) is 3.35. The lowest BCUT2D eigenvalue weighted by atomic mass is 10.1. The molecule has 0 spiro atoms. The van der Waals surface area contributed by atoms with Crippen LogP contribution in [0.5, 0.6) is 0 Å². The first-order valence-electron chi connectivity index (χ1n) is 10.8. The normalized spacial score (nSPS) is 17.2. The second-order valence-electron chi connectivity index (χ2n) is 9.31. The maximum Gasteiger partial charge on any atom is 0.336 e. The zero-order chi connectivity index (χ0) is 22.9. The van der Waals surface area contributed by atoms with Gasteiger partial charge in [0.15, 0.2) is 11.5 Å². The Morgan fingerprint density at radius 3 is 2.88 bits per heavy atom. The van der Waals surface area contributed by atoms with E-state index in [1.54, 1.807) is 15.4 Å². The van der Waals surface area contributed by atoms with Crippen molar-refractivity contribution in [2.24, 2.45) is 0 Å². The summed E-state index contributed by atoms with van der Waals surface area (Å²) in [5, 5.41) is 19.2. The number of fused-ring (bicyclic) bond motifs is 1. The molecule has 4 rings (SSSR count). The van der Waals surface area contributed by atoms with Gasteiger partial charge in [-0.1, -0.05) is 19.6 Å². The summed E-state index contributed by atoms with van der Waals surface area (Å²) in [6.45, 7) is 11.8. The standard InChI is InChI=1S/C21H30N6O4Si/c1-15-13-30-8-7-26(15)19-11-16(21(28)29)17-12-22-27(20(17)23-19)18-5-6-25(24-18)14-31-9-10-32(2,3)4/h5-6,11-12,15H,7-10,13-14H2,1-4H3,(H,28,29)/t15-/m1/s1. The third-order valence-corrected chi connectivity index (χ3v) is 7.19. The Balaban J connectivity index is 1.62. The summed E-state index contributed by atoms with van der Waals surface area (Å²) in [7, 11) is -1.14. The van der Waals surface area contributed by atoms with Gasteiger partial charge in [-0.2, -0.15) is 14.9 Å². The van der Waals surface area contributed by atoms with Crippen molar-refractivity contribution < 1.29 is 19.4 Å². The first-order chi connectivity index (χ1) is 15.2. The molecule has 1 N–H and O–H groups in total. The van der Waals surface area contributed by atoms with Gasteiger partial charge in [0.2, 0.25) is 0 Å². The van der Waals surface area contributed by atoms with Gasteiger partial charge in [-0.15, -0.1) is 0 Å². The molecule has 172 valence electrons. The van der Waals surface area contributed by atoms with Crippen LogP contribution in [0.1, 0.15) is 17.3 Å². The molecule has 0 aromatic carbocycles. The largest absolute Gasteiger partial charge is 0.478 e. The maximum atomic E-state index is 12.0. The molecule has 1 aliphatic rings. The number of carbonyl (C=O) groups is 1.